The topological polar surface area (TPSA) is 44.5 Å². The van der Waals surface area contributed by atoms with Crippen LogP contribution in [-0.2, 0) is 6.61 Å². The van der Waals surface area contributed by atoms with E-state index >= 15 is 0 Å². The summed E-state index contributed by atoms with van der Waals surface area (Å²) in [5.74, 6) is 1.68. The first kappa shape index (κ1) is 14.3. The van der Waals surface area contributed by atoms with Crippen molar-refractivity contribution in [3.63, 3.8) is 0 Å². The Hall–Kier alpha value is -2.16. The third-order valence-corrected chi connectivity index (χ3v) is 3.26. The molecule has 0 bridgehead atoms. The number of aryl methyl sites for hydroxylation is 2. The summed E-state index contributed by atoms with van der Waals surface area (Å²) in [6, 6.07) is 11.7. The second-order valence-corrected chi connectivity index (χ2v) is 4.83. The SMILES string of the molecule is CCOc1ccc(N)cc1COc1ccc(C)c(C)c1. The van der Waals surface area contributed by atoms with Crippen molar-refractivity contribution < 1.29 is 9.47 Å². The van der Waals surface area contributed by atoms with Gasteiger partial charge in [0, 0.05) is 11.3 Å². The van der Waals surface area contributed by atoms with Gasteiger partial charge in [-0.2, -0.15) is 0 Å². The van der Waals surface area contributed by atoms with Crippen LogP contribution in [0.5, 0.6) is 11.5 Å². The molecule has 3 nitrogen and oxygen atoms in total. The van der Waals surface area contributed by atoms with Gasteiger partial charge in [-0.1, -0.05) is 6.07 Å². The van der Waals surface area contributed by atoms with Crippen molar-refractivity contribution in [2.24, 2.45) is 0 Å². The molecule has 20 heavy (non-hydrogen) atoms. The van der Waals surface area contributed by atoms with Crippen molar-refractivity contribution >= 4 is 5.69 Å². The van der Waals surface area contributed by atoms with Gasteiger partial charge in [0.2, 0.25) is 0 Å². The Kier molecular flexibility index (Phi) is 4.51. The first-order chi connectivity index (χ1) is 9.60. The minimum absolute atomic E-state index is 0.447. The molecule has 2 aromatic carbocycles. The molecule has 0 aliphatic carbocycles. The molecule has 106 valence electrons. The third-order valence-electron chi connectivity index (χ3n) is 3.26. The summed E-state index contributed by atoms with van der Waals surface area (Å²) in [7, 11) is 0. The van der Waals surface area contributed by atoms with Crippen LogP contribution in [0, 0.1) is 13.8 Å². The van der Waals surface area contributed by atoms with Gasteiger partial charge in [0.05, 0.1) is 6.61 Å². The Morgan fingerprint density at radius 2 is 1.75 bits per heavy atom. The molecule has 2 aromatic rings. The molecule has 3 heteroatoms. The van der Waals surface area contributed by atoms with Crippen LogP contribution in [0.4, 0.5) is 5.69 Å². The summed E-state index contributed by atoms with van der Waals surface area (Å²) in [6.45, 7) is 7.20. The summed E-state index contributed by atoms with van der Waals surface area (Å²) < 4.78 is 11.4. The maximum Gasteiger partial charge on any atom is 0.126 e. The molecule has 0 radical (unpaired) electrons. The predicted molar refractivity (Wildman–Crippen MR) is 82.3 cm³/mol. The van der Waals surface area contributed by atoms with Crippen molar-refractivity contribution in [1.29, 1.82) is 0 Å². The van der Waals surface area contributed by atoms with E-state index in [0.717, 1.165) is 17.1 Å². The predicted octanol–water partition coefficient (Wildman–Crippen LogP) is 3.86. The van der Waals surface area contributed by atoms with Crippen LogP contribution in [0.25, 0.3) is 0 Å². The van der Waals surface area contributed by atoms with E-state index in [9.17, 15) is 0 Å². The largest absolute Gasteiger partial charge is 0.493 e. The van der Waals surface area contributed by atoms with Crippen molar-refractivity contribution in [2.45, 2.75) is 27.4 Å². The van der Waals surface area contributed by atoms with E-state index in [-0.39, 0.29) is 0 Å². The van der Waals surface area contributed by atoms with Crippen LogP contribution >= 0.6 is 0 Å². The highest BCUT2D eigenvalue weighted by Gasteiger charge is 2.06. The number of ether oxygens (including phenoxy) is 2. The number of benzene rings is 2. The fraction of sp³-hybridized carbons (Fsp3) is 0.294. The average molecular weight is 271 g/mol. The lowest BCUT2D eigenvalue weighted by Gasteiger charge is -2.13. The van der Waals surface area contributed by atoms with E-state index in [1.54, 1.807) is 0 Å². The highest BCUT2D eigenvalue weighted by molar-refractivity contribution is 5.48. The molecule has 0 atom stereocenters. The molecule has 0 spiro atoms. The van der Waals surface area contributed by atoms with Crippen molar-refractivity contribution in [2.75, 3.05) is 12.3 Å². The fourth-order valence-electron chi connectivity index (χ4n) is 1.97. The molecule has 0 amide bonds. The van der Waals surface area contributed by atoms with Crippen LogP contribution in [0.1, 0.15) is 23.6 Å². The standard InChI is InChI=1S/C17H21NO2/c1-4-19-17-8-6-15(18)10-14(17)11-20-16-7-5-12(2)13(3)9-16/h5-10H,4,11,18H2,1-3H3. The number of anilines is 1. The highest BCUT2D eigenvalue weighted by atomic mass is 16.5. The van der Waals surface area contributed by atoms with Gasteiger partial charge < -0.3 is 15.2 Å². The van der Waals surface area contributed by atoms with Crippen LogP contribution < -0.4 is 15.2 Å². The van der Waals surface area contributed by atoms with Crippen LogP contribution in [0.15, 0.2) is 36.4 Å². The quantitative estimate of drug-likeness (QED) is 0.840. The Bertz CT molecular complexity index is 594. The Morgan fingerprint density at radius 1 is 0.950 bits per heavy atom. The number of rotatable bonds is 5. The van der Waals surface area contributed by atoms with Gasteiger partial charge in [0.15, 0.2) is 0 Å². The minimum atomic E-state index is 0.447. The van der Waals surface area contributed by atoms with E-state index in [4.69, 9.17) is 15.2 Å². The first-order valence-electron chi connectivity index (χ1n) is 6.81. The molecule has 0 fully saturated rings. The van der Waals surface area contributed by atoms with E-state index in [1.165, 1.54) is 11.1 Å². The highest BCUT2D eigenvalue weighted by Crippen LogP contribution is 2.24. The Morgan fingerprint density at radius 3 is 2.45 bits per heavy atom. The third kappa shape index (κ3) is 3.44. The number of nitrogen functional groups attached to an aromatic ring is 1. The van der Waals surface area contributed by atoms with Gasteiger partial charge in [-0.25, -0.2) is 0 Å². The minimum Gasteiger partial charge on any atom is -0.493 e. The molecule has 0 saturated carbocycles. The summed E-state index contributed by atoms with van der Waals surface area (Å²) in [5.41, 5.74) is 9.99. The van der Waals surface area contributed by atoms with Crippen molar-refractivity contribution in [3.05, 3.63) is 53.1 Å². The van der Waals surface area contributed by atoms with Crippen LogP contribution in [0.2, 0.25) is 0 Å². The van der Waals surface area contributed by atoms with E-state index in [0.29, 0.717) is 18.9 Å². The Labute approximate surface area is 120 Å². The normalized spacial score (nSPS) is 10.3. The van der Waals surface area contributed by atoms with Gasteiger partial charge in [0.1, 0.15) is 18.1 Å². The molecule has 2 N–H and O–H groups in total. The molecule has 2 rings (SSSR count). The first-order valence-corrected chi connectivity index (χ1v) is 6.81. The molecule has 0 saturated heterocycles. The second-order valence-electron chi connectivity index (χ2n) is 4.83. The van der Waals surface area contributed by atoms with Crippen molar-refractivity contribution in [1.82, 2.24) is 0 Å². The van der Waals surface area contributed by atoms with Crippen LogP contribution in [0.3, 0.4) is 0 Å². The zero-order valence-electron chi connectivity index (χ0n) is 12.3. The lowest BCUT2D eigenvalue weighted by Crippen LogP contribution is -2.02. The molecule has 0 aliphatic rings. The maximum absolute atomic E-state index is 5.83. The monoisotopic (exact) mass is 271 g/mol. The second kappa shape index (κ2) is 6.33. The molecular formula is C17H21NO2. The van der Waals surface area contributed by atoms with E-state index in [1.807, 2.05) is 37.3 Å². The lowest BCUT2D eigenvalue weighted by molar-refractivity contribution is 0.286. The molecular weight excluding hydrogens is 250 g/mol. The summed E-state index contributed by atoms with van der Waals surface area (Å²) in [4.78, 5) is 0. The van der Waals surface area contributed by atoms with Gasteiger partial charge in [0.25, 0.3) is 0 Å². The summed E-state index contributed by atoms with van der Waals surface area (Å²) in [5, 5.41) is 0. The molecule has 0 aromatic heterocycles. The molecule has 0 aliphatic heterocycles. The molecule has 0 unspecified atom stereocenters. The van der Waals surface area contributed by atoms with Gasteiger partial charge >= 0.3 is 0 Å². The lowest BCUT2D eigenvalue weighted by atomic mass is 10.1. The van der Waals surface area contributed by atoms with Gasteiger partial charge in [-0.3, -0.25) is 0 Å². The van der Waals surface area contributed by atoms with Crippen LogP contribution in [-0.4, -0.2) is 6.61 Å². The number of hydrogen-bond donors (Lipinski definition) is 1. The molecule has 0 heterocycles. The smallest absolute Gasteiger partial charge is 0.126 e. The van der Waals surface area contributed by atoms with E-state index in [2.05, 4.69) is 19.9 Å². The Balaban J connectivity index is 2.13. The fourth-order valence-corrected chi connectivity index (χ4v) is 1.97. The van der Waals surface area contributed by atoms with E-state index < -0.39 is 0 Å². The van der Waals surface area contributed by atoms with Gasteiger partial charge in [-0.15, -0.1) is 0 Å². The average Bonchev–Trinajstić information content (AvgIpc) is 2.43. The summed E-state index contributed by atoms with van der Waals surface area (Å²) >= 11 is 0. The van der Waals surface area contributed by atoms with Crippen molar-refractivity contribution in [3.8, 4) is 11.5 Å². The number of nitrogens with two attached hydrogens (primary N) is 1. The van der Waals surface area contributed by atoms with Gasteiger partial charge in [-0.05, 0) is 62.2 Å². The zero-order chi connectivity index (χ0) is 14.5. The zero-order valence-corrected chi connectivity index (χ0v) is 12.3. The maximum atomic E-state index is 5.83. The summed E-state index contributed by atoms with van der Waals surface area (Å²) in [6.07, 6.45) is 0. The number of hydrogen-bond acceptors (Lipinski definition) is 3.